The Kier molecular flexibility index (Phi) is 4.42. The van der Waals surface area contributed by atoms with Crippen molar-refractivity contribution in [2.75, 3.05) is 5.32 Å². The molecule has 0 saturated carbocycles. The number of benzene rings is 1. The molecule has 1 atom stereocenters. The molecule has 0 bridgehead atoms. The molecule has 21 heavy (non-hydrogen) atoms. The molecule has 2 N–H and O–H groups in total. The fraction of sp³-hybridized carbons (Fsp3) is 0.125. The highest BCUT2D eigenvalue weighted by atomic mass is 16.3. The number of furan rings is 1. The van der Waals surface area contributed by atoms with Crippen molar-refractivity contribution < 1.29 is 14.0 Å². The Hall–Kier alpha value is -3.00. The summed E-state index contributed by atoms with van der Waals surface area (Å²) in [6, 6.07) is 7.75. The van der Waals surface area contributed by atoms with Gasteiger partial charge in [0.15, 0.2) is 0 Å². The van der Waals surface area contributed by atoms with E-state index in [0.717, 1.165) is 0 Å². The minimum Gasteiger partial charge on any atom is -0.472 e. The molecule has 1 aromatic heterocycles. The molecule has 0 saturated heterocycles. The lowest BCUT2D eigenvalue weighted by atomic mass is 10.2. The molecule has 1 heterocycles. The lowest BCUT2D eigenvalue weighted by Gasteiger charge is -2.13. The zero-order valence-corrected chi connectivity index (χ0v) is 11.4. The second kappa shape index (κ2) is 6.44. The molecule has 0 spiro atoms. The van der Waals surface area contributed by atoms with E-state index in [1.165, 1.54) is 18.6 Å². The Balaban J connectivity index is 1.96. The number of anilines is 1. The average Bonchev–Trinajstić information content (AvgIpc) is 3.01. The second-order valence-electron chi connectivity index (χ2n) is 4.42. The summed E-state index contributed by atoms with van der Waals surface area (Å²) in [5, 5.41) is 5.27. The highest BCUT2D eigenvalue weighted by Crippen LogP contribution is 2.10. The first kappa shape index (κ1) is 14.4. The van der Waals surface area contributed by atoms with Crippen LogP contribution < -0.4 is 10.6 Å². The molecule has 0 aliphatic rings. The van der Waals surface area contributed by atoms with Crippen LogP contribution in [-0.4, -0.2) is 17.9 Å². The Morgan fingerprint density at radius 3 is 2.81 bits per heavy atom. The molecular weight excluding hydrogens is 268 g/mol. The Labute approximate surface area is 122 Å². The molecule has 1 aromatic carbocycles. The number of amides is 2. The van der Waals surface area contributed by atoms with Crippen molar-refractivity contribution in [1.29, 1.82) is 0 Å². The first-order valence-electron chi connectivity index (χ1n) is 6.31. The molecule has 5 nitrogen and oxygen atoms in total. The maximum Gasteiger partial charge on any atom is 0.255 e. The van der Waals surface area contributed by atoms with Gasteiger partial charge in [-0.15, -0.1) is 6.42 Å². The summed E-state index contributed by atoms with van der Waals surface area (Å²) in [7, 11) is 0. The highest BCUT2D eigenvalue weighted by molar-refractivity contribution is 6.00. The van der Waals surface area contributed by atoms with Gasteiger partial charge in [-0.2, -0.15) is 0 Å². The van der Waals surface area contributed by atoms with Gasteiger partial charge in [0, 0.05) is 11.3 Å². The Morgan fingerprint density at radius 1 is 1.33 bits per heavy atom. The van der Waals surface area contributed by atoms with Gasteiger partial charge in [0.05, 0.1) is 11.8 Å². The van der Waals surface area contributed by atoms with Crippen molar-refractivity contribution in [2.24, 2.45) is 0 Å². The molecule has 106 valence electrons. The minimum atomic E-state index is -0.693. The van der Waals surface area contributed by atoms with E-state index in [1.54, 1.807) is 31.2 Å². The summed E-state index contributed by atoms with van der Waals surface area (Å²) in [5.74, 6) is 1.79. The third-order valence-electron chi connectivity index (χ3n) is 2.82. The van der Waals surface area contributed by atoms with E-state index < -0.39 is 6.04 Å². The zero-order valence-electron chi connectivity index (χ0n) is 11.4. The van der Waals surface area contributed by atoms with Crippen LogP contribution in [0.3, 0.4) is 0 Å². The summed E-state index contributed by atoms with van der Waals surface area (Å²) in [6.07, 6.45) is 8.01. The van der Waals surface area contributed by atoms with Gasteiger partial charge < -0.3 is 15.1 Å². The lowest BCUT2D eigenvalue weighted by Crippen LogP contribution is -2.41. The summed E-state index contributed by atoms with van der Waals surface area (Å²) in [6.45, 7) is 1.60. The largest absolute Gasteiger partial charge is 0.472 e. The predicted molar refractivity (Wildman–Crippen MR) is 78.6 cm³/mol. The first-order chi connectivity index (χ1) is 10.1. The fourth-order valence-electron chi connectivity index (χ4n) is 1.68. The maximum absolute atomic E-state index is 12.0. The van der Waals surface area contributed by atoms with E-state index in [4.69, 9.17) is 10.8 Å². The van der Waals surface area contributed by atoms with Crippen LogP contribution in [0.2, 0.25) is 0 Å². The molecular formula is C16H14N2O3. The predicted octanol–water partition coefficient (Wildman–Crippen LogP) is 2.02. The summed E-state index contributed by atoms with van der Waals surface area (Å²) < 4.78 is 4.82. The van der Waals surface area contributed by atoms with Gasteiger partial charge in [-0.25, -0.2) is 0 Å². The van der Waals surface area contributed by atoms with Crippen LogP contribution in [0, 0.1) is 12.3 Å². The summed E-state index contributed by atoms with van der Waals surface area (Å²) >= 11 is 0. The van der Waals surface area contributed by atoms with Crippen LogP contribution in [0.15, 0.2) is 47.3 Å². The smallest absolute Gasteiger partial charge is 0.255 e. The number of carbonyl (C=O) groups excluding carboxylic acids is 2. The van der Waals surface area contributed by atoms with E-state index in [0.29, 0.717) is 16.8 Å². The minimum absolute atomic E-state index is 0.332. The third kappa shape index (κ3) is 3.74. The van der Waals surface area contributed by atoms with Crippen LogP contribution >= 0.6 is 0 Å². The zero-order chi connectivity index (χ0) is 15.2. The van der Waals surface area contributed by atoms with Gasteiger partial charge in [-0.1, -0.05) is 12.0 Å². The van der Waals surface area contributed by atoms with E-state index in [9.17, 15) is 9.59 Å². The van der Waals surface area contributed by atoms with Crippen molar-refractivity contribution in [1.82, 2.24) is 5.32 Å². The van der Waals surface area contributed by atoms with Gasteiger partial charge in [0.2, 0.25) is 5.91 Å². The molecule has 2 amide bonds. The van der Waals surface area contributed by atoms with Crippen LogP contribution in [0.25, 0.3) is 0 Å². The van der Waals surface area contributed by atoms with Crippen LogP contribution in [0.5, 0.6) is 0 Å². The standard InChI is InChI=1S/C16H14N2O3/c1-3-12-5-4-6-14(9-12)18-15(19)11(2)17-16(20)13-7-8-21-10-13/h1,4-11H,2H3,(H,17,20)(H,18,19)/t11-/m1/s1. The quantitative estimate of drug-likeness (QED) is 0.843. The van der Waals surface area contributed by atoms with E-state index in [1.807, 2.05) is 0 Å². The van der Waals surface area contributed by atoms with Crippen molar-refractivity contribution in [3.63, 3.8) is 0 Å². The molecule has 0 unspecified atom stereocenters. The number of carbonyl (C=O) groups is 2. The van der Waals surface area contributed by atoms with E-state index in [-0.39, 0.29) is 11.8 Å². The highest BCUT2D eigenvalue weighted by Gasteiger charge is 2.17. The van der Waals surface area contributed by atoms with Crippen molar-refractivity contribution in [3.8, 4) is 12.3 Å². The fourth-order valence-corrected chi connectivity index (χ4v) is 1.68. The van der Waals surface area contributed by atoms with E-state index in [2.05, 4.69) is 16.6 Å². The molecule has 0 aliphatic heterocycles. The number of nitrogens with one attached hydrogen (secondary N) is 2. The normalized spacial score (nSPS) is 11.2. The second-order valence-corrected chi connectivity index (χ2v) is 4.42. The number of rotatable bonds is 4. The Morgan fingerprint density at radius 2 is 2.14 bits per heavy atom. The summed E-state index contributed by atoms with van der Waals surface area (Å²) in [4.78, 5) is 23.8. The SMILES string of the molecule is C#Cc1cccc(NC(=O)[C@@H](C)NC(=O)c2ccoc2)c1. The first-order valence-corrected chi connectivity index (χ1v) is 6.31. The molecule has 2 aromatic rings. The van der Waals surface area contributed by atoms with Gasteiger partial charge in [0.1, 0.15) is 12.3 Å². The van der Waals surface area contributed by atoms with Gasteiger partial charge in [0.25, 0.3) is 5.91 Å². The number of hydrogen-bond donors (Lipinski definition) is 2. The van der Waals surface area contributed by atoms with Crippen molar-refractivity contribution in [3.05, 3.63) is 54.0 Å². The molecule has 2 rings (SSSR count). The summed E-state index contributed by atoms with van der Waals surface area (Å²) in [5.41, 5.74) is 1.62. The van der Waals surface area contributed by atoms with Crippen molar-refractivity contribution >= 4 is 17.5 Å². The monoisotopic (exact) mass is 282 g/mol. The van der Waals surface area contributed by atoms with Crippen molar-refractivity contribution in [2.45, 2.75) is 13.0 Å². The van der Waals surface area contributed by atoms with Crippen LogP contribution in [-0.2, 0) is 4.79 Å². The van der Waals surface area contributed by atoms with Gasteiger partial charge in [-0.3, -0.25) is 9.59 Å². The van der Waals surface area contributed by atoms with E-state index >= 15 is 0 Å². The topological polar surface area (TPSA) is 71.3 Å². The Bertz CT molecular complexity index is 684. The molecule has 0 aliphatic carbocycles. The van der Waals surface area contributed by atoms with Crippen LogP contribution in [0.1, 0.15) is 22.8 Å². The lowest BCUT2D eigenvalue weighted by molar-refractivity contribution is -0.117. The van der Waals surface area contributed by atoms with Gasteiger partial charge in [-0.05, 0) is 31.2 Å². The number of hydrogen-bond acceptors (Lipinski definition) is 3. The molecule has 0 fully saturated rings. The average molecular weight is 282 g/mol. The van der Waals surface area contributed by atoms with Gasteiger partial charge >= 0.3 is 0 Å². The van der Waals surface area contributed by atoms with Crippen LogP contribution in [0.4, 0.5) is 5.69 Å². The number of terminal acetylenes is 1. The molecule has 5 heteroatoms. The molecule has 0 radical (unpaired) electrons. The maximum atomic E-state index is 12.0. The third-order valence-corrected chi connectivity index (χ3v) is 2.82.